The van der Waals surface area contributed by atoms with Crippen molar-refractivity contribution in [2.45, 2.75) is 53.1 Å². The largest absolute Gasteiger partial charge is 0.345 e. The Kier molecular flexibility index (Phi) is 6.57. The predicted octanol–water partition coefficient (Wildman–Crippen LogP) is 1.88. The molecule has 0 saturated heterocycles. The smallest absolute Gasteiger partial charge is 0.239 e. The van der Waals surface area contributed by atoms with Gasteiger partial charge in [-0.15, -0.1) is 0 Å². The van der Waals surface area contributed by atoms with Gasteiger partial charge in [0.1, 0.15) is 0 Å². The minimum Gasteiger partial charge on any atom is -0.345 e. The Morgan fingerprint density at radius 1 is 1.27 bits per heavy atom. The minimum atomic E-state index is -0.0843. The summed E-state index contributed by atoms with van der Waals surface area (Å²) >= 11 is 0. The van der Waals surface area contributed by atoms with E-state index in [1.165, 1.54) is 0 Å². The van der Waals surface area contributed by atoms with Crippen LogP contribution in [-0.2, 0) is 4.79 Å². The molecule has 0 bridgehead atoms. The molecule has 90 valence electrons. The van der Waals surface area contributed by atoms with Crippen LogP contribution in [0.2, 0.25) is 0 Å². The van der Waals surface area contributed by atoms with Crippen molar-refractivity contribution < 1.29 is 4.79 Å². The van der Waals surface area contributed by atoms with Crippen LogP contribution in [0.15, 0.2) is 0 Å². The van der Waals surface area contributed by atoms with Crippen molar-refractivity contribution in [1.29, 1.82) is 0 Å². The fourth-order valence-corrected chi connectivity index (χ4v) is 1.47. The molecule has 0 fully saturated rings. The molecular weight excluding hydrogens is 188 g/mol. The van der Waals surface area contributed by atoms with E-state index in [2.05, 4.69) is 26.1 Å². The molecule has 0 heterocycles. The molecule has 1 N–H and O–H groups in total. The third-order valence-corrected chi connectivity index (χ3v) is 3.23. The quantitative estimate of drug-likeness (QED) is 0.732. The summed E-state index contributed by atoms with van der Waals surface area (Å²) in [7, 11) is 1.84. The molecule has 0 radical (unpaired) electrons. The molecule has 0 aromatic rings. The number of hydrogen-bond donors (Lipinski definition) is 1. The highest BCUT2D eigenvalue weighted by molar-refractivity contribution is 5.81. The van der Waals surface area contributed by atoms with Gasteiger partial charge in [0, 0.05) is 19.6 Å². The normalized spacial score (nSPS) is 16.9. The van der Waals surface area contributed by atoms with Gasteiger partial charge in [-0.3, -0.25) is 4.79 Å². The van der Waals surface area contributed by atoms with Crippen LogP contribution in [-0.4, -0.2) is 36.5 Å². The van der Waals surface area contributed by atoms with Gasteiger partial charge >= 0.3 is 0 Å². The van der Waals surface area contributed by atoms with E-state index in [1.807, 2.05) is 20.9 Å². The fourth-order valence-electron chi connectivity index (χ4n) is 1.47. The molecular formula is C12H26N2O. The summed E-state index contributed by atoms with van der Waals surface area (Å²) in [6.07, 6.45) is 1.14. The third kappa shape index (κ3) is 4.65. The van der Waals surface area contributed by atoms with Crippen LogP contribution in [0.3, 0.4) is 0 Å². The predicted molar refractivity (Wildman–Crippen MR) is 64.8 cm³/mol. The second-order valence-corrected chi connectivity index (χ2v) is 4.41. The molecule has 3 unspecified atom stereocenters. The number of carbonyl (C=O) groups is 1. The first-order valence-corrected chi connectivity index (χ1v) is 5.95. The van der Waals surface area contributed by atoms with Gasteiger partial charge in [0.25, 0.3) is 0 Å². The molecule has 0 aliphatic rings. The number of rotatable bonds is 6. The molecule has 15 heavy (non-hydrogen) atoms. The highest BCUT2D eigenvalue weighted by Crippen LogP contribution is 2.07. The molecule has 3 nitrogen and oxygen atoms in total. The van der Waals surface area contributed by atoms with E-state index in [0.29, 0.717) is 12.0 Å². The Morgan fingerprint density at radius 3 is 2.20 bits per heavy atom. The van der Waals surface area contributed by atoms with Crippen LogP contribution in [0.5, 0.6) is 0 Å². The first-order chi connectivity index (χ1) is 6.93. The van der Waals surface area contributed by atoms with Crippen LogP contribution in [0.25, 0.3) is 0 Å². The molecule has 0 rings (SSSR count). The topological polar surface area (TPSA) is 32.3 Å². The van der Waals surface area contributed by atoms with Gasteiger partial charge in [-0.05, 0) is 26.7 Å². The maximum atomic E-state index is 11.8. The molecule has 0 aliphatic heterocycles. The molecule has 0 saturated carbocycles. The molecule has 0 aliphatic carbocycles. The van der Waals surface area contributed by atoms with Gasteiger partial charge in [-0.2, -0.15) is 0 Å². The minimum absolute atomic E-state index is 0.0843. The molecule has 3 atom stereocenters. The van der Waals surface area contributed by atoms with Crippen molar-refractivity contribution in [2.75, 3.05) is 13.6 Å². The van der Waals surface area contributed by atoms with E-state index in [9.17, 15) is 4.79 Å². The van der Waals surface area contributed by atoms with Gasteiger partial charge < -0.3 is 10.2 Å². The van der Waals surface area contributed by atoms with E-state index in [0.717, 1.165) is 13.0 Å². The lowest BCUT2D eigenvalue weighted by Crippen LogP contribution is -2.47. The highest BCUT2D eigenvalue weighted by Gasteiger charge is 2.19. The highest BCUT2D eigenvalue weighted by atomic mass is 16.2. The zero-order valence-corrected chi connectivity index (χ0v) is 11.0. The van der Waals surface area contributed by atoms with Crippen molar-refractivity contribution in [2.24, 2.45) is 5.92 Å². The third-order valence-electron chi connectivity index (χ3n) is 3.23. The van der Waals surface area contributed by atoms with Crippen LogP contribution in [0.1, 0.15) is 41.0 Å². The summed E-state index contributed by atoms with van der Waals surface area (Å²) in [4.78, 5) is 13.5. The zero-order chi connectivity index (χ0) is 12.0. The summed E-state index contributed by atoms with van der Waals surface area (Å²) in [6.45, 7) is 11.2. The Morgan fingerprint density at radius 2 is 1.80 bits per heavy atom. The number of hydrogen-bond acceptors (Lipinski definition) is 2. The first kappa shape index (κ1) is 14.4. The number of carbonyl (C=O) groups excluding carboxylic acids is 1. The van der Waals surface area contributed by atoms with Gasteiger partial charge in [0.15, 0.2) is 0 Å². The summed E-state index contributed by atoms with van der Waals surface area (Å²) < 4.78 is 0. The average Bonchev–Trinajstić information content (AvgIpc) is 2.25. The molecule has 1 amide bonds. The van der Waals surface area contributed by atoms with Crippen molar-refractivity contribution in [1.82, 2.24) is 10.2 Å². The Labute approximate surface area is 94.2 Å². The lowest BCUT2D eigenvalue weighted by molar-refractivity contribution is -0.131. The van der Waals surface area contributed by atoms with Gasteiger partial charge in [-0.25, -0.2) is 0 Å². The van der Waals surface area contributed by atoms with Gasteiger partial charge in [0.05, 0.1) is 6.04 Å². The monoisotopic (exact) mass is 214 g/mol. The summed E-state index contributed by atoms with van der Waals surface area (Å²) in [5.74, 6) is 0.778. The van der Waals surface area contributed by atoms with Crippen LogP contribution in [0, 0.1) is 5.92 Å². The average molecular weight is 214 g/mol. The van der Waals surface area contributed by atoms with E-state index < -0.39 is 0 Å². The lowest BCUT2D eigenvalue weighted by atomic mass is 10.00. The first-order valence-electron chi connectivity index (χ1n) is 5.95. The molecule has 0 spiro atoms. The van der Waals surface area contributed by atoms with Crippen molar-refractivity contribution in [3.05, 3.63) is 0 Å². The summed E-state index contributed by atoms with van der Waals surface area (Å²) in [5.41, 5.74) is 0. The SMILES string of the molecule is CCC(C)C(C)NC(C)C(=O)N(C)CC. The molecule has 3 heteroatoms. The Balaban J connectivity index is 4.12. The van der Waals surface area contributed by atoms with E-state index in [-0.39, 0.29) is 11.9 Å². The van der Waals surface area contributed by atoms with Crippen LogP contribution in [0.4, 0.5) is 0 Å². The van der Waals surface area contributed by atoms with E-state index in [1.54, 1.807) is 4.90 Å². The maximum absolute atomic E-state index is 11.8. The van der Waals surface area contributed by atoms with Crippen LogP contribution < -0.4 is 5.32 Å². The Hall–Kier alpha value is -0.570. The number of amides is 1. The van der Waals surface area contributed by atoms with Gasteiger partial charge in [0.2, 0.25) is 5.91 Å². The summed E-state index contributed by atoms with van der Waals surface area (Å²) in [6, 6.07) is 0.304. The van der Waals surface area contributed by atoms with E-state index in [4.69, 9.17) is 0 Å². The number of nitrogens with zero attached hydrogens (tertiary/aromatic N) is 1. The zero-order valence-electron chi connectivity index (χ0n) is 11.0. The Bertz CT molecular complexity index is 194. The maximum Gasteiger partial charge on any atom is 0.239 e. The van der Waals surface area contributed by atoms with Crippen molar-refractivity contribution in [3.8, 4) is 0 Å². The molecule has 0 aromatic heterocycles. The number of likely N-dealkylation sites (N-methyl/N-ethyl adjacent to an activating group) is 1. The standard InChI is InChI=1S/C12H26N2O/c1-7-9(3)10(4)13-11(5)12(15)14(6)8-2/h9-11,13H,7-8H2,1-6H3. The fraction of sp³-hybridized carbons (Fsp3) is 0.917. The second-order valence-electron chi connectivity index (χ2n) is 4.41. The lowest BCUT2D eigenvalue weighted by Gasteiger charge is -2.26. The molecule has 0 aromatic carbocycles. The van der Waals surface area contributed by atoms with Gasteiger partial charge in [-0.1, -0.05) is 20.3 Å². The van der Waals surface area contributed by atoms with Crippen molar-refractivity contribution in [3.63, 3.8) is 0 Å². The van der Waals surface area contributed by atoms with Crippen molar-refractivity contribution >= 4 is 5.91 Å². The number of nitrogens with one attached hydrogen (secondary N) is 1. The summed E-state index contributed by atoms with van der Waals surface area (Å²) in [5, 5.41) is 3.35. The second kappa shape index (κ2) is 6.83. The van der Waals surface area contributed by atoms with E-state index >= 15 is 0 Å². The van der Waals surface area contributed by atoms with Crippen LogP contribution >= 0.6 is 0 Å².